The molecule has 0 saturated heterocycles. The number of rotatable bonds is 5. The Labute approximate surface area is 110 Å². The van der Waals surface area contributed by atoms with E-state index in [-0.39, 0.29) is 31.6 Å². The Balaban J connectivity index is 1.85. The van der Waals surface area contributed by atoms with Crippen molar-refractivity contribution in [2.24, 2.45) is 0 Å². The number of esters is 1. The van der Waals surface area contributed by atoms with Gasteiger partial charge in [0.15, 0.2) is 11.5 Å². The molecule has 1 heterocycles. The Morgan fingerprint density at radius 2 is 2.11 bits per heavy atom. The average Bonchev–Trinajstić information content (AvgIpc) is 2.86. The summed E-state index contributed by atoms with van der Waals surface area (Å²) in [5.41, 5.74) is 0.466. The van der Waals surface area contributed by atoms with Crippen LogP contribution in [0.4, 0.5) is 0 Å². The van der Waals surface area contributed by atoms with E-state index in [0.717, 1.165) is 0 Å². The van der Waals surface area contributed by atoms with Crippen LogP contribution in [-0.2, 0) is 9.53 Å². The number of hydrogen-bond donors (Lipinski definition) is 1. The van der Waals surface area contributed by atoms with Crippen LogP contribution < -0.4 is 14.8 Å². The maximum Gasteiger partial charge on any atom is 0.307 e. The number of benzene rings is 1. The molecule has 102 valence electrons. The molecule has 0 radical (unpaired) electrons. The van der Waals surface area contributed by atoms with Crippen LogP contribution >= 0.6 is 0 Å². The summed E-state index contributed by atoms with van der Waals surface area (Å²) in [5.74, 6) is 0.595. The summed E-state index contributed by atoms with van der Waals surface area (Å²) in [4.78, 5) is 22.9. The molecule has 1 aliphatic rings. The molecule has 1 aromatic rings. The third-order valence-electron chi connectivity index (χ3n) is 2.55. The molecule has 2 rings (SSSR count). The molecule has 6 heteroatoms. The van der Waals surface area contributed by atoms with Crippen LogP contribution in [0, 0.1) is 0 Å². The molecular weight excluding hydrogens is 250 g/mol. The van der Waals surface area contributed by atoms with Crippen LogP contribution in [0.25, 0.3) is 0 Å². The minimum atomic E-state index is -0.325. The lowest BCUT2D eigenvalue weighted by Gasteiger charge is -2.05. The molecule has 6 nitrogen and oxygen atoms in total. The van der Waals surface area contributed by atoms with E-state index in [1.54, 1.807) is 25.1 Å². The maximum atomic E-state index is 11.8. The normalized spacial score (nSPS) is 12.1. The van der Waals surface area contributed by atoms with Gasteiger partial charge in [-0.2, -0.15) is 0 Å². The zero-order valence-electron chi connectivity index (χ0n) is 10.6. The monoisotopic (exact) mass is 265 g/mol. The molecule has 19 heavy (non-hydrogen) atoms. The van der Waals surface area contributed by atoms with Crippen molar-refractivity contribution >= 4 is 11.9 Å². The van der Waals surface area contributed by atoms with E-state index in [1.165, 1.54) is 0 Å². The molecule has 0 aromatic heterocycles. The number of carbonyl (C=O) groups excluding carboxylic acids is 2. The highest BCUT2D eigenvalue weighted by Crippen LogP contribution is 2.32. The molecule has 0 unspecified atom stereocenters. The summed E-state index contributed by atoms with van der Waals surface area (Å²) in [6.45, 7) is 2.49. The Morgan fingerprint density at radius 1 is 1.32 bits per heavy atom. The van der Waals surface area contributed by atoms with E-state index < -0.39 is 0 Å². The summed E-state index contributed by atoms with van der Waals surface area (Å²) >= 11 is 0. The standard InChI is InChI=1S/C13H15NO5/c1-2-17-12(15)5-6-14-13(16)9-3-4-10-11(7-9)19-8-18-10/h3-4,7H,2,5-6,8H2,1H3,(H,14,16). The van der Waals surface area contributed by atoms with Crippen LogP contribution in [0.1, 0.15) is 23.7 Å². The number of carbonyl (C=O) groups is 2. The van der Waals surface area contributed by atoms with Crippen molar-refractivity contribution in [2.45, 2.75) is 13.3 Å². The van der Waals surface area contributed by atoms with Crippen molar-refractivity contribution in [1.29, 1.82) is 0 Å². The summed E-state index contributed by atoms with van der Waals surface area (Å²) in [7, 11) is 0. The fourth-order valence-electron chi connectivity index (χ4n) is 1.65. The second-order valence-electron chi connectivity index (χ2n) is 3.88. The lowest BCUT2D eigenvalue weighted by molar-refractivity contribution is -0.142. The van der Waals surface area contributed by atoms with Gasteiger partial charge in [-0.15, -0.1) is 0 Å². The first-order chi connectivity index (χ1) is 9.20. The highest BCUT2D eigenvalue weighted by Gasteiger charge is 2.16. The molecular formula is C13H15NO5. The molecule has 0 fully saturated rings. The van der Waals surface area contributed by atoms with E-state index in [2.05, 4.69) is 5.32 Å². The first-order valence-electron chi connectivity index (χ1n) is 6.04. The molecule has 0 bridgehead atoms. The SMILES string of the molecule is CCOC(=O)CCNC(=O)c1ccc2c(c1)OCO2. The van der Waals surface area contributed by atoms with Gasteiger partial charge in [-0.1, -0.05) is 0 Å². The van der Waals surface area contributed by atoms with Crippen molar-refractivity contribution in [2.75, 3.05) is 19.9 Å². The van der Waals surface area contributed by atoms with Crippen LogP contribution in [0.2, 0.25) is 0 Å². The van der Waals surface area contributed by atoms with Gasteiger partial charge in [0.25, 0.3) is 5.91 Å². The highest BCUT2D eigenvalue weighted by atomic mass is 16.7. The molecule has 1 amide bonds. The van der Waals surface area contributed by atoms with E-state index >= 15 is 0 Å². The largest absolute Gasteiger partial charge is 0.466 e. The number of hydrogen-bond acceptors (Lipinski definition) is 5. The van der Waals surface area contributed by atoms with Gasteiger partial charge in [-0.05, 0) is 25.1 Å². The lowest BCUT2D eigenvalue weighted by Crippen LogP contribution is -2.26. The van der Waals surface area contributed by atoms with Crippen molar-refractivity contribution in [3.8, 4) is 11.5 Å². The number of fused-ring (bicyclic) bond motifs is 1. The fraction of sp³-hybridized carbons (Fsp3) is 0.385. The maximum absolute atomic E-state index is 11.8. The number of amides is 1. The summed E-state index contributed by atoms with van der Waals surface area (Å²) in [6, 6.07) is 4.94. The zero-order valence-corrected chi connectivity index (χ0v) is 10.6. The second kappa shape index (κ2) is 6.08. The van der Waals surface area contributed by atoms with E-state index in [9.17, 15) is 9.59 Å². The van der Waals surface area contributed by atoms with Gasteiger partial charge in [0.2, 0.25) is 6.79 Å². The van der Waals surface area contributed by atoms with Crippen LogP contribution in [0.15, 0.2) is 18.2 Å². The van der Waals surface area contributed by atoms with Crippen molar-refractivity contribution in [3.63, 3.8) is 0 Å². The molecule has 0 spiro atoms. The highest BCUT2D eigenvalue weighted by molar-refractivity contribution is 5.95. The van der Waals surface area contributed by atoms with Crippen molar-refractivity contribution in [1.82, 2.24) is 5.32 Å². The first-order valence-corrected chi connectivity index (χ1v) is 6.04. The Kier molecular flexibility index (Phi) is 4.22. The minimum absolute atomic E-state index is 0.157. The third kappa shape index (κ3) is 3.37. The van der Waals surface area contributed by atoms with Crippen molar-refractivity contribution < 1.29 is 23.8 Å². The van der Waals surface area contributed by atoms with Gasteiger partial charge in [0.1, 0.15) is 0 Å². The van der Waals surface area contributed by atoms with E-state index in [4.69, 9.17) is 14.2 Å². The second-order valence-corrected chi connectivity index (χ2v) is 3.88. The summed E-state index contributed by atoms with van der Waals surface area (Å²) in [5, 5.41) is 2.64. The minimum Gasteiger partial charge on any atom is -0.466 e. The summed E-state index contributed by atoms with van der Waals surface area (Å²) < 4.78 is 15.1. The predicted octanol–water partition coefficient (Wildman–Crippen LogP) is 1.10. The van der Waals surface area contributed by atoms with Crippen molar-refractivity contribution in [3.05, 3.63) is 23.8 Å². The number of nitrogens with one attached hydrogen (secondary N) is 1. The molecule has 0 atom stereocenters. The zero-order chi connectivity index (χ0) is 13.7. The van der Waals surface area contributed by atoms with Gasteiger partial charge in [0, 0.05) is 12.1 Å². The average molecular weight is 265 g/mol. The lowest BCUT2D eigenvalue weighted by atomic mass is 10.2. The quantitative estimate of drug-likeness (QED) is 0.807. The molecule has 1 aliphatic heterocycles. The predicted molar refractivity (Wildman–Crippen MR) is 66.1 cm³/mol. The third-order valence-corrected chi connectivity index (χ3v) is 2.55. The topological polar surface area (TPSA) is 73.9 Å². The van der Waals surface area contributed by atoms with E-state index in [1.807, 2.05) is 0 Å². The van der Waals surface area contributed by atoms with Crippen LogP contribution in [0.5, 0.6) is 11.5 Å². The number of ether oxygens (including phenoxy) is 3. The van der Waals surface area contributed by atoms with Gasteiger partial charge in [-0.25, -0.2) is 0 Å². The van der Waals surface area contributed by atoms with Gasteiger partial charge in [-0.3, -0.25) is 9.59 Å². The smallest absolute Gasteiger partial charge is 0.307 e. The Hall–Kier alpha value is -2.24. The fourth-order valence-corrected chi connectivity index (χ4v) is 1.65. The Bertz CT molecular complexity index is 486. The van der Waals surface area contributed by atoms with Gasteiger partial charge < -0.3 is 19.5 Å². The van der Waals surface area contributed by atoms with Crippen LogP contribution in [0.3, 0.4) is 0 Å². The first kappa shape index (κ1) is 13.2. The Morgan fingerprint density at radius 3 is 2.89 bits per heavy atom. The summed E-state index contributed by atoms with van der Waals surface area (Å²) in [6.07, 6.45) is 0.157. The van der Waals surface area contributed by atoms with E-state index in [0.29, 0.717) is 23.7 Å². The molecule has 0 saturated carbocycles. The van der Waals surface area contributed by atoms with Gasteiger partial charge in [0.05, 0.1) is 13.0 Å². The molecule has 1 N–H and O–H groups in total. The van der Waals surface area contributed by atoms with Crippen LogP contribution in [-0.4, -0.2) is 31.8 Å². The molecule has 0 aliphatic carbocycles. The van der Waals surface area contributed by atoms with Gasteiger partial charge >= 0.3 is 5.97 Å². The molecule has 1 aromatic carbocycles.